The summed E-state index contributed by atoms with van der Waals surface area (Å²) in [5.74, 6) is 0.720. The minimum atomic E-state index is -2.95. The predicted molar refractivity (Wildman–Crippen MR) is 64.3 cm³/mol. The summed E-state index contributed by atoms with van der Waals surface area (Å²) in [5.41, 5.74) is 0. The van der Waals surface area contributed by atoms with Crippen LogP contribution in [0.1, 0.15) is 25.7 Å². The fraction of sp³-hybridized carbons (Fsp3) is 0.900. The Labute approximate surface area is 96.6 Å². The van der Waals surface area contributed by atoms with Gasteiger partial charge in [-0.2, -0.15) is 0 Å². The molecule has 2 saturated carbocycles. The molecule has 5 nitrogen and oxygen atoms in total. The molecule has 0 unspecified atom stereocenters. The molecule has 0 aliphatic heterocycles. The van der Waals surface area contributed by atoms with Gasteiger partial charge in [-0.25, -0.2) is 8.42 Å². The molecule has 0 aromatic heterocycles. The molecule has 2 rings (SSSR count). The predicted octanol–water partition coefficient (Wildman–Crippen LogP) is -0.109. The van der Waals surface area contributed by atoms with Gasteiger partial charge < -0.3 is 10.6 Å². The van der Waals surface area contributed by atoms with Gasteiger partial charge in [0.2, 0.25) is 0 Å². The Morgan fingerprint density at radius 3 is 2.44 bits per heavy atom. The fourth-order valence-corrected chi connectivity index (χ4v) is 2.86. The summed E-state index contributed by atoms with van der Waals surface area (Å²) in [6, 6.07) is 0.527. The minimum absolute atomic E-state index is 0.470. The van der Waals surface area contributed by atoms with Crippen LogP contribution in [-0.4, -0.2) is 45.0 Å². The number of aliphatic imine (C=N–C) groups is 1. The first-order valence-electron chi connectivity index (χ1n) is 5.64. The number of sulfone groups is 1. The summed E-state index contributed by atoms with van der Waals surface area (Å²) in [6.45, 7) is 0.470. The topological polar surface area (TPSA) is 70.6 Å². The summed E-state index contributed by atoms with van der Waals surface area (Å²) in [4.78, 5) is 4.08. The molecule has 0 bridgehead atoms. The highest BCUT2D eigenvalue weighted by Gasteiger charge is 2.52. The molecule has 2 aliphatic carbocycles. The molecule has 0 aromatic carbocycles. The van der Waals surface area contributed by atoms with E-state index in [2.05, 4.69) is 15.6 Å². The van der Waals surface area contributed by atoms with E-state index in [1.165, 1.54) is 19.1 Å². The largest absolute Gasteiger partial charge is 0.355 e. The highest BCUT2D eigenvalue weighted by Crippen LogP contribution is 2.42. The van der Waals surface area contributed by atoms with E-state index in [1.807, 2.05) is 0 Å². The van der Waals surface area contributed by atoms with Gasteiger partial charge in [-0.1, -0.05) is 0 Å². The van der Waals surface area contributed by atoms with E-state index in [4.69, 9.17) is 0 Å². The van der Waals surface area contributed by atoms with Gasteiger partial charge in [0.15, 0.2) is 15.8 Å². The van der Waals surface area contributed by atoms with Crippen LogP contribution in [0.2, 0.25) is 0 Å². The van der Waals surface area contributed by atoms with E-state index in [0.717, 1.165) is 18.8 Å². The molecule has 2 N–H and O–H groups in total. The highest BCUT2D eigenvalue weighted by molar-refractivity contribution is 7.92. The summed E-state index contributed by atoms with van der Waals surface area (Å²) in [5, 5.41) is 6.35. The quantitative estimate of drug-likeness (QED) is 0.535. The molecule has 2 aliphatic rings. The lowest BCUT2D eigenvalue weighted by Gasteiger charge is -2.16. The van der Waals surface area contributed by atoms with Crippen molar-refractivity contribution in [3.63, 3.8) is 0 Å². The second-order valence-corrected chi connectivity index (χ2v) is 7.21. The molecule has 2 fully saturated rings. The smallest absolute Gasteiger partial charge is 0.191 e. The molecule has 0 spiro atoms. The maximum absolute atomic E-state index is 11.6. The second-order valence-electron chi connectivity index (χ2n) is 4.80. The molecule has 0 radical (unpaired) electrons. The van der Waals surface area contributed by atoms with Crippen molar-refractivity contribution in [1.29, 1.82) is 0 Å². The molecule has 92 valence electrons. The molecule has 0 aromatic rings. The Morgan fingerprint density at radius 2 is 2.06 bits per heavy atom. The van der Waals surface area contributed by atoms with Crippen molar-refractivity contribution < 1.29 is 8.42 Å². The third-order valence-corrected chi connectivity index (χ3v) is 5.44. The Hall–Kier alpha value is -0.780. The summed E-state index contributed by atoms with van der Waals surface area (Å²) in [7, 11) is -1.25. The standard InChI is InChI=1S/C10H19N3O2S/c1-11-9(13-8-3-4-8)12-7-10(5-6-10)16(2,14)15/h8H,3-7H2,1-2H3,(H2,11,12,13). The van der Waals surface area contributed by atoms with Gasteiger partial charge in [-0.3, -0.25) is 4.99 Å². The molecule has 6 heteroatoms. The molecule has 0 amide bonds. The van der Waals surface area contributed by atoms with Gasteiger partial charge in [0, 0.05) is 25.9 Å². The van der Waals surface area contributed by atoms with Crippen molar-refractivity contribution in [3.05, 3.63) is 0 Å². The molecule has 16 heavy (non-hydrogen) atoms. The Morgan fingerprint density at radius 1 is 1.44 bits per heavy atom. The number of rotatable bonds is 4. The lowest BCUT2D eigenvalue weighted by atomic mass is 10.4. The van der Waals surface area contributed by atoms with E-state index in [0.29, 0.717) is 12.6 Å². The maximum atomic E-state index is 11.6. The SMILES string of the molecule is CN=C(NCC1(S(C)(=O)=O)CC1)NC1CC1. The van der Waals surface area contributed by atoms with E-state index >= 15 is 0 Å². The van der Waals surface area contributed by atoms with Crippen LogP contribution < -0.4 is 10.6 Å². The lowest BCUT2D eigenvalue weighted by molar-refractivity contribution is 0.578. The number of guanidine groups is 1. The lowest BCUT2D eigenvalue weighted by Crippen LogP contribution is -2.44. The van der Waals surface area contributed by atoms with Crippen LogP contribution in [0.25, 0.3) is 0 Å². The summed E-state index contributed by atoms with van der Waals surface area (Å²) < 4.78 is 22.6. The fourth-order valence-electron chi connectivity index (χ4n) is 1.68. The van der Waals surface area contributed by atoms with Crippen LogP contribution in [0.4, 0.5) is 0 Å². The van der Waals surface area contributed by atoms with Crippen LogP contribution in [0.5, 0.6) is 0 Å². The first-order valence-corrected chi connectivity index (χ1v) is 7.53. The number of nitrogens with one attached hydrogen (secondary N) is 2. The van der Waals surface area contributed by atoms with Crippen molar-refractivity contribution in [2.45, 2.75) is 36.5 Å². The Bertz CT molecular complexity index is 394. The molecular formula is C10H19N3O2S. The summed E-state index contributed by atoms with van der Waals surface area (Å²) in [6.07, 6.45) is 5.20. The van der Waals surface area contributed by atoms with Crippen LogP contribution in [0.3, 0.4) is 0 Å². The average Bonchev–Trinajstić information content (AvgIpc) is 3.05. The van der Waals surface area contributed by atoms with Gasteiger partial charge in [0.1, 0.15) is 0 Å². The monoisotopic (exact) mass is 245 g/mol. The first kappa shape index (κ1) is 11.7. The van der Waals surface area contributed by atoms with Gasteiger partial charge in [-0.15, -0.1) is 0 Å². The highest BCUT2D eigenvalue weighted by atomic mass is 32.2. The zero-order valence-corrected chi connectivity index (χ0v) is 10.6. The maximum Gasteiger partial charge on any atom is 0.191 e. The van der Waals surface area contributed by atoms with Gasteiger partial charge in [0.05, 0.1) is 4.75 Å². The first-order chi connectivity index (χ1) is 7.47. The third-order valence-electron chi connectivity index (χ3n) is 3.31. The zero-order valence-electron chi connectivity index (χ0n) is 9.78. The van der Waals surface area contributed by atoms with Crippen molar-refractivity contribution in [2.75, 3.05) is 19.8 Å². The van der Waals surface area contributed by atoms with E-state index in [1.54, 1.807) is 7.05 Å². The minimum Gasteiger partial charge on any atom is -0.355 e. The Balaban J connectivity index is 1.86. The second kappa shape index (κ2) is 3.91. The number of nitrogens with zero attached hydrogens (tertiary/aromatic N) is 1. The van der Waals surface area contributed by atoms with Crippen LogP contribution in [-0.2, 0) is 9.84 Å². The van der Waals surface area contributed by atoms with Crippen molar-refractivity contribution in [3.8, 4) is 0 Å². The third kappa shape index (κ3) is 2.48. The zero-order chi connectivity index (χ0) is 11.8. The van der Waals surface area contributed by atoms with E-state index < -0.39 is 14.6 Å². The number of hydrogen-bond acceptors (Lipinski definition) is 3. The van der Waals surface area contributed by atoms with Gasteiger partial charge in [0.25, 0.3) is 0 Å². The normalized spacial score (nSPS) is 24.0. The van der Waals surface area contributed by atoms with Crippen molar-refractivity contribution in [1.82, 2.24) is 10.6 Å². The van der Waals surface area contributed by atoms with Crippen LogP contribution >= 0.6 is 0 Å². The number of hydrogen-bond donors (Lipinski definition) is 2. The molecule has 0 saturated heterocycles. The Kier molecular flexibility index (Phi) is 2.86. The molecule has 0 atom stereocenters. The van der Waals surface area contributed by atoms with Gasteiger partial charge in [-0.05, 0) is 25.7 Å². The average molecular weight is 245 g/mol. The van der Waals surface area contributed by atoms with Crippen molar-refractivity contribution in [2.24, 2.45) is 4.99 Å². The van der Waals surface area contributed by atoms with E-state index in [9.17, 15) is 8.42 Å². The van der Waals surface area contributed by atoms with Crippen molar-refractivity contribution >= 4 is 15.8 Å². The molecule has 0 heterocycles. The molecular weight excluding hydrogens is 226 g/mol. The van der Waals surface area contributed by atoms with E-state index in [-0.39, 0.29) is 0 Å². The van der Waals surface area contributed by atoms with Gasteiger partial charge >= 0.3 is 0 Å². The summed E-state index contributed by atoms with van der Waals surface area (Å²) >= 11 is 0. The van der Waals surface area contributed by atoms with Crippen LogP contribution in [0, 0.1) is 0 Å². The van der Waals surface area contributed by atoms with Crippen LogP contribution in [0.15, 0.2) is 4.99 Å².